The molecule has 7 heteroatoms. The number of aromatic nitrogens is 5. The van der Waals surface area contributed by atoms with Crippen LogP contribution in [0.2, 0.25) is 0 Å². The van der Waals surface area contributed by atoms with Gasteiger partial charge in [0.25, 0.3) is 0 Å². The first-order valence-corrected chi connectivity index (χ1v) is 8.23. The van der Waals surface area contributed by atoms with Crippen molar-refractivity contribution in [3.8, 4) is 0 Å². The van der Waals surface area contributed by atoms with Gasteiger partial charge >= 0.3 is 0 Å². The first kappa shape index (κ1) is 14.5. The van der Waals surface area contributed by atoms with Crippen molar-refractivity contribution < 1.29 is 0 Å². The van der Waals surface area contributed by atoms with Crippen LogP contribution in [0, 0.1) is 6.92 Å². The number of rotatable bonds is 4. The molecule has 1 atom stereocenters. The van der Waals surface area contributed by atoms with Crippen LogP contribution >= 0.6 is 11.8 Å². The minimum Gasteiger partial charge on any atom is -0.316 e. The normalized spacial score (nSPS) is 18.9. The lowest BCUT2D eigenvalue weighted by Crippen LogP contribution is -2.29. The van der Waals surface area contributed by atoms with Gasteiger partial charge in [-0.1, -0.05) is 11.8 Å². The molecule has 1 aliphatic rings. The van der Waals surface area contributed by atoms with Crippen LogP contribution in [0.4, 0.5) is 0 Å². The predicted molar refractivity (Wildman–Crippen MR) is 82.2 cm³/mol. The highest BCUT2D eigenvalue weighted by molar-refractivity contribution is 7.98. The second-order valence-corrected chi connectivity index (χ2v) is 6.32. The van der Waals surface area contributed by atoms with Crippen molar-refractivity contribution in [2.75, 3.05) is 13.1 Å². The Labute approximate surface area is 128 Å². The van der Waals surface area contributed by atoms with Crippen molar-refractivity contribution in [1.29, 1.82) is 0 Å². The van der Waals surface area contributed by atoms with Crippen molar-refractivity contribution in [1.82, 2.24) is 30.0 Å². The standard InChI is InChI=1S/C14H20N6S/c1-10-6-17-12(8-16-10)9-21-14-19-18-13(20(14)2)11-4-3-5-15-7-11/h6,8,11,15H,3-5,7,9H2,1-2H3/t11-/m1/s1. The summed E-state index contributed by atoms with van der Waals surface area (Å²) < 4.78 is 2.12. The zero-order valence-electron chi connectivity index (χ0n) is 12.4. The molecule has 3 heterocycles. The van der Waals surface area contributed by atoms with Crippen LogP contribution in [0.3, 0.4) is 0 Å². The predicted octanol–water partition coefficient (Wildman–Crippen LogP) is 1.67. The number of aryl methyl sites for hydroxylation is 1. The molecule has 0 amide bonds. The van der Waals surface area contributed by atoms with Gasteiger partial charge in [0.05, 0.1) is 11.4 Å². The molecule has 6 nitrogen and oxygen atoms in total. The van der Waals surface area contributed by atoms with Gasteiger partial charge in [0.1, 0.15) is 5.82 Å². The van der Waals surface area contributed by atoms with Crippen molar-refractivity contribution in [3.63, 3.8) is 0 Å². The van der Waals surface area contributed by atoms with Crippen LogP contribution in [-0.4, -0.2) is 37.8 Å². The smallest absolute Gasteiger partial charge is 0.191 e. The van der Waals surface area contributed by atoms with Crippen LogP contribution in [0.5, 0.6) is 0 Å². The SMILES string of the molecule is Cc1cnc(CSc2nnc([C@@H]3CCCNC3)n2C)cn1. The Morgan fingerprint density at radius 1 is 1.33 bits per heavy atom. The molecule has 2 aromatic heterocycles. The number of nitrogens with zero attached hydrogens (tertiary/aromatic N) is 5. The van der Waals surface area contributed by atoms with Gasteiger partial charge in [0, 0.05) is 37.7 Å². The van der Waals surface area contributed by atoms with E-state index in [4.69, 9.17) is 0 Å². The van der Waals surface area contributed by atoms with Crippen molar-refractivity contribution >= 4 is 11.8 Å². The fourth-order valence-electron chi connectivity index (χ4n) is 2.51. The lowest BCUT2D eigenvalue weighted by molar-refractivity contribution is 0.436. The summed E-state index contributed by atoms with van der Waals surface area (Å²) in [5.41, 5.74) is 1.91. The number of hydrogen-bond donors (Lipinski definition) is 1. The van der Waals surface area contributed by atoms with E-state index in [0.29, 0.717) is 5.92 Å². The summed E-state index contributed by atoms with van der Waals surface area (Å²) in [5.74, 6) is 2.33. The summed E-state index contributed by atoms with van der Waals surface area (Å²) in [7, 11) is 2.05. The summed E-state index contributed by atoms with van der Waals surface area (Å²) in [6.45, 7) is 4.05. The monoisotopic (exact) mass is 304 g/mol. The maximum Gasteiger partial charge on any atom is 0.191 e. The van der Waals surface area contributed by atoms with Crippen LogP contribution in [-0.2, 0) is 12.8 Å². The molecule has 0 spiro atoms. The van der Waals surface area contributed by atoms with Gasteiger partial charge in [-0.25, -0.2) is 0 Å². The van der Waals surface area contributed by atoms with Crippen LogP contribution in [0.1, 0.15) is 36.0 Å². The first-order chi connectivity index (χ1) is 10.2. The molecule has 1 fully saturated rings. The third-order valence-corrected chi connectivity index (χ3v) is 4.77. The van der Waals surface area contributed by atoms with E-state index in [9.17, 15) is 0 Å². The van der Waals surface area contributed by atoms with Crippen molar-refractivity contribution in [2.24, 2.45) is 7.05 Å². The van der Waals surface area contributed by atoms with Crippen molar-refractivity contribution in [3.05, 3.63) is 29.6 Å². The Bertz CT molecular complexity index is 588. The second kappa shape index (κ2) is 6.53. The number of thioether (sulfide) groups is 1. The number of piperidine rings is 1. The molecule has 0 aliphatic carbocycles. The van der Waals surface area contributed by atoms with Crippen LogP contribution in [0.25, 0.3) is 0 Å². The highest BCUT2D eigenvalue weighted by Gasteiger charge is 2.21. The van der Waals surface area contributed by atoms with E-state index in [1.807, 2.05) is 20.2 Å². The molecule has 1 saturated heterocycles. The molecule has 0 bridgehead atoms. The molecule has 0 radical (unpaired) electrons. The molecule has 1 N–H and O–H groups in total. The maximum absolute atomic E-state index is 4.38. The van der Waals surface area contributed by atoms with Gasteiger partial charge in [0.2, 0.25) is 0 Å². The quantitative estimate of drug-likeness (QED) is 0.867. The summed E-state index contributed by atoms with van der Waals surface area (Å²) >= 11 is 1.66. The molecule has 3 rings (SSSR count). The third-order valence-electron chi connectivity index (χ3n) is 3.71. The van der Waals surface area contributed by atoms with E-state index >= 15 is 0 Å². The maximum atomic E-state index is 4.38. The molecule has 0 unspecified atom stereocenters. The lowest BCUT2D eigenvalue weighted by Gasteiger charge is -2.21. The molecule has 0 saturated carbocycles. The highest BCUT2D eigenvalue weighted by atomic mass is 32.2. The Kier molecular flexibility index (Phi) is 4.50. The summed E-state index contributed by atoms with van der Waals surface area (Å²) in [6, 6.07) is 0. The summed E-state index contributed by atoms with van der Waals surface area (Å²) in [6.07, 6.45) is 6.02. The van der Waals surface area contributed by atoms with E-state index in [1.165, 1.54) is 12.8 Å². The van der Waals surface area contributed by atoms with E-state index in [1.54, 1.807) is 18.0 Å². The lowest BCUT2D eigenvalue weighted by atomic mass is 9.99. The van der Waals surface area contributed by atoms with E-state index < -0.39 is 0 Å². The zero-order valence-corrected chi connectivity index (χ0v) is 13.2. The minimum atomic E-state index is 0.477. The Hall–Kier alpha value is -1.47. The average Bonchev–Trinajstić information content (AvgIpc) is 2.89. The van der Waals surface area contributed by atoms with Gasteiger partial charge in [-0.05, 0) is 26.3 Å². The second-order valence-electron chi connectivity index (χ2n) is 5.38. The molecular weight excluding hydrogens is 284 g/mol. The van der Waals surface area contributed by atoms with E-state index in [-0.39, 0.29) is 0 Å². The molecule has 2 aromatic rings. The van der Waals surface area contributed by atoms with Crippen LogP contribution in [0.15, 0.2) is 17.6 Å². The van der Waals surface area contributed by atoms with Gasteiger partial charge < -0.3 is 9.88 Å². The zero-order chi connectivity index (χ0) is 14.7. The molecule has 0 aromatic carbocycles. The minimum absolute atomic E-state index is 0.477. The van der Waals surface area contributed by atoms with Gasteiger partial charge in [-0.3, -0.25) is 9.97 Å². The van der Waals surface area contributed by atoms with Gasteiger partial charge in [0.15, 0.2) is 5.16 Å². The van der Waals surface area contributed by atoms with E-state index in [2.05, 4.69) is 30.0 Å². The fourth-order valence-corrected chi connectivity index (χ4v) is 3.32. The summed E-state index contributed by atoms with van der Waals surface area (Å²) in [4.78, 5) is 8.63. The van der Waals surface area contributed by atoms with Crippen LogP contribution < -0.4 is 5.32 Å². The fraction of sp³-hybridized carbons (Fsp3) is 0.571. The molecule has 112 valence electrons. The van der Waals surface area contributed by atoms with Crippen molar-refractivity contribution in [2.45, 2.75) is 36.6 Å². The highest BCUT2D eigenvalue weighted by Crippen LogP contribution is 2.26. The van der Waals surface area contributed by atoms with E-state index in [0.717, 1.165) is 41.2 Å². The first-order valence-electron chi connectivity index (χ1n) is 7.24. The summed E-state index contributed by atoms with van der Waals surface area (Å²) in [5, 5.41) is 13.1. The largest absolute Gasteiger partial charge is 0.316 e. The molecule has 1 aliphatic heterocycles. The molecule has 21 heavy (non-hydrogen) atoms. The number of nitrogens with one attached hydrogen (secondary N) is 1. The average molecular weight is 304 g/mol. The molecular formula is C14H20N6S. The Morgan fingerprint density at radius 2 is 2.24 bits per heavy atom. The topological polar surface area (TPSA) is 68.5 Å². The Balaban J connectivity index is 1.66. The Morgan fingerprint density at radius 3 is 2.95 bits per heavy atom. The van der Waals surface area contributed by atoms with Gasteiger partial charge in [-0.15, -0.1) is 10.2 Å². The third kappa shape index (κ3) is 3.41. The van der Waals surface area contributed by atoms with Gasteiger partial charge in [-0.2, -0.15) is 0 Å². The number of hydrogen-bond acceptors (Lipinski definition) is 6.